The van der Waals surface area contributed by atoms with Gasteiger partial charge in [0.2, 0.25) is 0 Å². The molecule has 6 heteroatoms. The number of halogens is 1. The van der Waals surface area contributed by atoms with Crippen LogP contribution < -0.4 is 5.73 Å². The summed E-state index contributed by atoms with van der Waals surface area (Å²) in [6.45, 7) is 6.14. The van der Waals surface area contributed by atoms with Gasteiger partial charge in [0.25, 0.3) is 0 Å². The maximum absolute atomic E-state index is 6.07. The molecule has 0 aromatic carbocycles. The zero-order valence-corrected chi connectivity index (χ0v) is 14.3. The highest BCUT2D eigenvalue weighted by molar-refractivity contribution is 14.1. The van der Waals surface area contributed by atoms with Crippen molar-refractivity contribution >= 4 is 28.4 Å². The van der Waals surface area contributed by atoms with E-state index in [2.05, 4.69) is 34.5 Å². The van der Waals surface area contributed by atoms with Crippen LogP contribution in [0.25, 0.3) is 0 Å². The number of nitrogen functional groups attached to an aromatic ring is 1. The normalized spacial score (nSPS) is 18.1. The molecule has 20 heavy (non-hydrogen) atoms. The van der Waals surface area contributed by atoms with Crippen LogP contribution in [0.2, 0.25) is 0 Å². The third kappa shape index (κ3) is 3.23. The molecule has 0 unspecified atom stereocenters. The standard InChI is InChI=1S/C14H22IN3O2/c1-3-5-10-11(15)12(16)18-13(17-10)14(20-4-2)6-8-19-9-7-14/h3-9H2,1-2H3,(H2,16,17,18). The lowest BCUT2D eigenvalue weighted by Gasteiger charge is -2.35. The molecular formula is C14H22IN3O2. The average Bonchev–Trinajstić information content (AvgIpc) is 2.45. The minimum absolute atomic E-state index is 0.437. The van der Waals surface area contributed by atoms with Gasteiger partial charge in [-0.1, -0.05) is 13.3 Å². The first-order valence-electron chi connectivity index (χ1n) is 7.17. The van der Waals surface area contributed by atoms with Crippen molar-refractivity contribution in [2.45, 2.75) is 45.1 Å². The highest BCUT2D eigenvalue weighted by Crippen LogP contribution is 2.35. The summed E-state index contributed by atoms with van der Waals surface area (Å²) in [5.74, 6) is 1.29. The molecular weight excluding hydrogens is 369 g/mol. The molecule has 2 N–H and O–H groups in total. The van der Waals surface area contributed by atoms with Crippen molar-refractivity contribution in [1.29, 1.82) is 0 Å². The third-order valence-electron chi connectivity index (χ3n) is 3.56. The fourth-order valence-electron chi connectivity index (χ4n) is 2.53. The van der Waals surface area contributed by atoms with E-state index in [9.17, 15) is 0 Å². The van der Waals surface area contributed by atoms with Gasteiger partial charge in [-0.25, -0.2) is 9.97 Å². The van der Waals surface area contributed by atoms with Gasteiger partial charge in [0, 0.05) is 32.7 Å². The summed E-state index contributed by atoms with van der Waals surface area (Å²) in [6, 6.07) is 0. The number of nitrogens with two attached hydrogens (primary N) is 1. The van der Waals surface area contributed by atoms with Crippen LogP contribution in [0.3, 0.4) is 0 Å². The van der Waals surface area contributed by atoms with E-state index in [1.807, 2.05) is 6.92 Å². The maximum atomic E-state index is 6.07. The summed E-state index contributed by atoms with van der Waals surface area (Å²) < 4.78 is 12.4. The number of ether oxygens (including phenoxy) is 2. The minimum Gasteiger partial charge on any atom is -0.383 e. The Morgan fingerprint density at radius 3 is 2.60 bits per heavy atom. The van der Waals surface area contributed by atoms with Crippen LogP contribution in [-0.4, -0.2) is 29.8 Å². The van der Waals surface area contributed by atoms with E-state index < -0.39 is 5.60 Å². The Bertz CT molecular complexity index is 456. The van der Waals surface area contributed by atoms with Crippen molar-refractivity contribution in [3.63, 3.8) is 0 Å². The predicted molar refractivity (Wildman–Crippen MR) is 86.5 cm³/mol. The fourth-order valence-corrected chi connectivity index (χ4v) is 3.04. The molecule has 0 saturated carbocycles. The van der Waals surface area contributed by atoms with Gasteiger partial charge >= 0.3 is 0 Å². The molecule has 1 aromatic rings. The van der Waals surface area contributed by atoms with E-state index in [4.69, 9.17) is 20.2 Å². The van der Waals surface area contributed by atoms with Crippen LogP contribution in [0.5, 0.6) is 0 Å². The number of aryl methyl sites for hydroxylation is 1. The molecule has 0 bridgehead atoms. The average molecular weight is 391 g/mol. The molecule has 0 amide bonds. The number of rotatable bonds is 5. The van der Waals surface area contributed by atoms with Crippen LogP contribution >= 0.6 is 22.6 Å². The quantitative estimate of drug-likeness (QED) is 0.782. The van der Waals surface area contributed by atoms with E-state index in [0.29, 0.717) is 25.6 Å². The van der Waals surface area contributed by atoms with E-state index in [1.165, 1.54) is 0 Å². The Balaban J connectivity index is 2.42. The van der Waals surface area contributed by atoms with Crippen molar-refractivity contribution in [2.24, 2.45) is 0 Å². The molecule has 1 aliphatic heterocycles. The van der Waals surface area contributed by atoms with Crippen LogP contribution in [0, 0.1) is 3.57 Å². The molecule has 1 aromatic heterocycles. The molecule has 5 nitrogen and oxygen atoms in total. The number of anilines is 1. The molecule has 1 saturated heterocycles. The summed E-state index contributed by atoms with van der Waals surface area (Å²) in [6.07, 6.45) is 3.52. The van der Waals surface area contributed by atoms with Crippen molar-refractivity contribution < 1.29 is 9.47 Å². The lowest BCUT2D eigenvalue weighted by molar-refractivity contribution is -0.117. The number of nitrogens with zero attached hydrogens (tertiary/aromatic N) is 2. The van der Waals surface area contributed by atoms with Crippen LogP contribution in [-0.2, 0) is 21.5 Å². The topological polar surface area (TPSA) is 70.3 Å². The first-order valence-corrected chi connectivity index (χ1v) is 8.25. The summed E-state index contributed by atoms with van der Waals surface area (Å²) in [5, 5.41) is 0. The number of hydrogen-bond donors (Lipinski definition) is 1. The van der Waals surface area contributed by atoms with Gasteiger partial charge in [0.15, 0.2) is 5.82 Å². The highest BCUT2D eigenvalue weighted by atomic mass is 127. The Hall–Kier alpha value is -0.470. The van der Waals surface area contributed by atoms with Crippen molar-refractivity contribution in [2.75, 3.05) is 25.6 Å². The Morgan fingerprint density at radius 1 is 1.30 bits per heavy atom. The lowest BCUT2D eigenvalue weighted by atomic mass is 9.92. The van der Waals surface area contributed by atoms with Crippen LogP contribution in [0.15, 0.2) is 0 Å². The van der Waals surface area contributed by atoms with Crippen molar-refractivity contribution in [1.82, 2.24) is 9.97 Å². The minimum atomic E-state index is -0.437. The van der Waals surface area contributed by atoms with Gasteiger partial charge in [-0.05, 0) is 35.9 Å². The second kappa shape index (κ2) is 7.00. The Morgan fingerprint density at radius 2 is 2.00 bits per heavy atom. The molecule has 1 aliphatic rings. The zero-order valence-electron chi connectivity index (χ0n) is 12.1. The van der Waals surface area contributed by atoms with Crippen LogP contribution in [0.4, 0.5) is 5.82 Å². The first-order chi connectivity index (χ1) is 9.63. The second-order valence-corrected chi connectivity index (χ2v) is 6.06. The van der Waals surface area contributed by atoms with E-state index >= 15 is 0 Å². The van der Waals surface area contributed by atoms with Gasteiger partial charge < -0.3 is 15.2 Å². The van der Waals surface area contributed by atoms with Gasteiger partial charge in [-0.3, -0.25) is 0 Å². The molecule has 2 heterocycles. The molecule has 2 rings (SSSR count). The third-order valence-corrected chi connectivity index (χ3v) is 4.74. The largest absolute Gasteiger partial charge is 0.383 e. The molecule has 0 aliphatic carbocycles. The molecule has 0 spiro atoms. The molecule has 0 atom stereocenters. The van der Waals surface area contributed by atoms with Crippen molar-refractivity contribution in [3.05, 3.63) is 15.1 Å². The SMILES string of the molecule is CCCc1nc(C2(OCC)CCOCC2)nc(N)c1I. The van der Waals surface area contributed by atoms with E-state index in [-0.39, 0.29) is 0 Å². The maximum Gasteiger partial charge on any atom is 0.163 e. The second-order valence-electron chi connectivity index (χ2n) is 4.98. The van der Waals surface area contributed by atoms with Gasteiger partial charge in [0.05, 0.1) is 9.26 Å². The molecule has 1 fully saturated rings. The Labute approximate surface area is 133 Å². The van der Waals surface area contributed by atoms with E-state index in [0.717, 1.165) is 40.8 Å². The molecule has 112 valence electrons. The smallest absolute Gasteiger partial charge is 0.163 e. The zero-order chi connectivity index (χ0) is 14.6. The highest BCUT2D eigenvalue weighted by Gasteiger charge is 2.38. The number of aromatic nitrogens is 2. The summed E-state index contributed by atoms with van der Waals surface area (Å²) in [5.41, 5.74) is 6.66. The summed E-state index contributed by atoms with van der Waals surface area (Å²) >= 11 is 2.23. The lowest BCUT2D eigenvalue weighted by Crippen LogP contribution is -2.39. The van der Waals surface area contributed by atoms with E-state index in [1.54, 1.807) is 0 Å². The first kappa shape index (κ1) is 15.9. The monoisotopic (exact) mass is 391 g/mol. The Kier molecular flexibility index (Phi) is 5.57. The number of hydrogen-bond acceptors (Lipinski definition) is 5. The molecule has 0 radical (unpaired) electrons. The predicted octanol–water partition coefficient (Wildman–Crippen LogP) is 2.66. The van der Waals surface area contributed by atoms with Gasteiger partial charge in [-0.2, -0.15) is 0 Å². The van der Waals surface area contributed by atoms with Gasteiger partial charge in [0.1, 0.15) is 11.4 Å². The van der Waals surface area contributed by atoms with Gasteiger partial charge in [-0.15, -0.1) is 0 Å². The van der Waals surface area contributed by atoms with Crippen LogP contribution in [0.1, 0.15) is 44.6 Å². The van der Waals surface area contributed by atoms with Crippen molar-refractivity contribution in [3.8, 4) is 0 Å². The summed E-state index contributed by atoms with van der Waals surface area (Å²) in [7, 11) is 0. The summed E-state index contributed by atoms with van der Waals surface area (Å²) in [4.78, 5) is 9.27. The fraction of sp³-hybridized carbons (Fsp3) is 0.714.